The number of imidazole rings is 1. The summed E-state index contributed by atoms with van der Waals surface area (Å²) in [7, 11) is 0. The SMILES string of the molecule is Clc1ccc(CCC(Cn2ccnc2)Oc2ccc(-n3cncn3)cc2)cc1. The van der Waals surface area contributed by atoms with Gasteiger partial charge in [0.1, 0.15) is 24.5 Å². The largest absolute Gasteiger partial charge is 0.489 e. The van der Waals surface area contributed by atoms with Crippen LogP contribution in [0.1, 0.15) is 12.0 Å². The van der Waals surface area contributed by atoms with Crippen molar-refractivity contribution in [2.45, 2.75) is 25.5 Å². The fourth-order valence-electron chi connectivity index (χ4n) is 3.01. The quantitative estimate of drug-likeness (QED) is 0.450. The van der Waals surface area contributed by atoms with Crippen LogP contribution in [-0.2, 0) is 13.0 Å². The third kappa shape index (κ3) is 4.78. The van der Waals surface area contributed by atoms with Crippen molar-refractivity contribution in [2.75, 3.05) is 0 Å². The van der Waals surface area contributed by atoms with E-state index in [1.54, 1.807) is 17.2 Å². The van der Waals surface area contributed by atoms with Gasteiger partial charge in [-0.3, -0.25) is 0 Å². The average Bonchev–Trinajstić information content (AvgIpc) is 3.42. The minimum Gasteiger partial charge on any atom is -0.489 e. The molecule has 0 saturated carbocycles. The molecule has 0 fully saturated rings. The molecule has 2 aromatic heterocycles. The summed E-state index contributed by atoms with van der Waals surface area (Å²) in [4.78, 5) is 8.10. The maximum atomic E-state index is 6.29. The third-order valence-electron chi connectivity index (χ3n) is 4.46. The molecule has 0 amide bonds. The molecular formula is C21H20ClN5O. The van der Waals surface area contributed by atoms with Gasteiger partial charge in [-0.05, 0) is 54.8 Å². The van der Waals surface area contributed by atoms with Crippen LogP contribution in [0.15, 0.2) is 79.9 Å². The first-order chi connectivity index (χ1) is 13.8. The van der Waals surface area contributed by atoms with Gasteiger partial charge < -0.3 is 9.30 Å². The zero-order valence-electron chi connectivity index (χ0n) is 15.2. The van der Waals surface area contributed by atoms with Gasteiger partial charge in [-0.25, -0.2) is 14.6 Å². The predicted molar refractivity (Wildman–Crippen MR) is 108 cm³/mol. The molecule has 4 rings (SSSR count). The second-order valence-corrected chi connectivity index (χ2v) is 6.93. The Morgan fingerprint density at radius 3 is 2.46 bits per heavy atom. The smallest absolute Gasteiger partial charge is 0.138 e. The van der Waals surface area contributed by atoms with Gasteiger partial charge in [0.05, 0.1) is 18.6 Å². The fraction of sp³-hybridized carbons (Fsp3) is 0.190. The zero-order chi connectivity index (χ0) is 19.2. The van der Waals surface area contributed by atoms with Crippen molar-refractivity contribution >= 4 is 11.6 Å². The lowest BCUT2D eigenvalue weighted by atomic mass is 10.1. The summed E-state index contributed by atoms with van der Waals surface area (Å²) in [6, 6.07) is 15.8. The maximum absolute atomic E-state index is 6.29. The third-order valence-corrected chi connectivity index (χ3v) is 4.72. The van der Waals surface area contributed by atoms with E-state index < -0.39 is 0 Å². The first kappa shape index (κ1) is 18.3. The van der Waals surface area contributed by atoms with E-state index in [1.807, 2.05) is 53.5 Å². The summed E-state index contributed by atoms with van der Waals surface area (Å²) >= 11 is 5.98. The van der Waals surface area contributed by atoms with E-state index in [0.717, 1.165) is 35.8 Å². The predicted octanol–water partition coefficient (Wildman–Crippen LogP) is 4.20. The second kappa shape index (κ2) is 8.71. The average molecular weight is 394 g/mol. The molecule has 0 radical (unpaired) electrons. The number of nitrogens with zero attached hydrogens (tertiary/aromatic N) is 5. The maximum Gasteiger partial charge on any atom is 0.138 e. The Labute approximate surface area is 168 Å². The van der Waals surface area contributed by atoms with Crippen molar-refractivity contribution in [3.05, 3.63) is 90.5 Å². The number of ether oxygens (including phenoxy) is 1. The van der Waals surface area contributed by atoms with Crippen molar-refractivity contribution in [1.82, 2.24) is 24.3 Å². The second-order valence-electron chi connectivity index (χ2n) is 6.50. The number of halogens is 1. The van der Waals surface area contributed by atoms with Crippen LogP contribution in [0, 0.1) is 0 Å². The van der Waals surface area contributed by atoms with Crippen molar-refractivity contribution < 1.29 is 4.74 Å². The van der Waals surface area contributed by atoms with Gasteiger partial charge in [0.15, 0.2) is 0 Å². The molecule has 0 N–H and O–H groups in total. The number of benzene rings is 2. The van der Waals surface area contributed by atoms with Gasteiger partial charge in [-0.15, -0.1) is 0 Å². The first-order valence-electron chi connectivity index (χ1n) is 9.08. The number of rotatable bonds is 8. The molecule has 2 aromatic carbocycles. The first-order valence-corrected chi connectivity index (χ1v) is 9.46. The monoisotopic (exact) mass is 393 g/mol. The summed E-state index contributed by atoms with van der Waals surface area (Å²) in [5, 5.41) is 4.89. The lowest BCUT2D eigenvalue weighted by molar-refractivity contribution is 0.170. The molecule has 142 valence electrons. The van der Waals surface area contributed by atoms with E-state index >= 15 is 0 Å². The van der Waals surface area contributed by atoms with E-state index in [9.17, 15) is 0 Å². The summed E-state index contributed by atoms with van der Waals surface area (Å²) in [5.41, 5.74) is 2.18. The fourth-order valence-corrected chi connectivity index (χ4v) is 3.13. The van der Waals surface area contributed by atoms with E-state index in [-0.39, 0.29) is 6.10 Å². The van der Waals surface area contributed by atoms with Crippen LogP contribution in [0.5, 0.6) is 5.75 Å². The van der Waals surface area contributed by atoms with E-state index in [1.165, 1.54) is 11.9 Å². The molecule has 6 nitrogen and oxygen atoms in total. The van der Waals surface area contributed by atoms with Gasteiger partial charge in [-0.2, -0.15) is 5.10 Å². The van der Waals surface area contributed by atoms with Crippen LogP contribution in [-0.4, -0.2) is 30.4 Å². The van der Waals surface area contributed by atoms with Crippen molar-refractivity contribution in [2.24, 2.45) is 0 Å². The number of aromatic nitrogens is 5. The van der Waals surface area contributed by atoms with E-state index in [2.05, 4.69) is 27.2 Å². The lowest BCUT2D eigenvalue weighted by Gasteiger charge is -2.20. The minimum atomic E-state index is 0.0158. The summed E-state index contributed by atoms with van der Waals surface area (Å²) < 4.78 is 10.0. The summed E-state index contributed by atoms with van der Waals surface area (Å²) in [6.07, 6.45) is 10.5. The van der Waals surface area contributed by atoms with Crippen LogP contribution in [0.2, 0.25) is 5.02 Å². The van der Waals surface area contributed by atoms with Crippen LogP contribution in [0.4, 0.5) is 0 Å². The molecular weight excluding hydrogens is 374 g/mol. The van der Waals surface area contributed by atoms with Gasteiger partial charge in [0.2, 0.25) is 0 Å². The highest BCUT2D eigenvalue weighted by atomic mass is 35.5. The molecule has 4 aromatic rings. The molecule has 0 aliphatic carbocycles. The van der Waals surface area contributed by atoms with E-state index in [0.29, 0.717) is 0 Å². The Morgan fingerprint density at radius 1 is 0.964 bits per heavy atom. The minimum absolute atomic E-state index is 0.0158. The van der Waals surface area contributed by atoms with Gasteiger partial charge in [0.25, 0.3) is 0 Å². The van der Waals surface area contributed by atoms with E-state index in [4.69, 9.17) is 16.3 Å². The molecule has 28 heavy (non-hydrogen) atoms. The van der Waals surface area contributed by atoms with Gasteiger partial charge in [0, 0.05) is 17.4 Å². The highest BCUT2D eigenvalue weighted by Crippen LogP contribution is 2.19. The number of aryl methyl sites for hydroxylation is 1. The van der Waals surface area contributed by atoms with Crippen LogP contribution < -0.4 is 4.74 Å². The summed E-state index contributed by atoms with van der Waals surface area (Å²) in [6.45, 7) is 0.735. The Balaban J connectivity index is 1.44. The van der Waals surface area contributed by atoms with Crippen molar-refractivity contribution in [3.63, 3.8) is 0 Å². The molecule has 0 saturated heterocycles. The van der Waals surface area contributed by atoms with Crippen LogP contribution in [0.25, 0.3) is 5.69 Å². The normalized spacial score (nSPS) is 12.0. The molecule has 2 heterocycles. The van der Waals surface area contributed by atoms with Gasteiger partial charge in [-0.1, -0.05) is 23.7 Å². The van der Waals surface area contributed by atoms with Crippen LogP contribution >= 0.6 is 11.6 Å². The Morgan fingerprint density at radius 2 is 1.79 bits per heavy atom. The Hall–Kier alpha value is -3.12. The molecule has 0 aliphatic rings. The molecule has 7 heteroatoms. The summed E-state index contributed by atoms with van der Waals surface area (Å²) in [5.74, 6) is 0.824. The standard InChI is InChI=1S/C21H20ClN5O/c22-18-4-1-17(2-5-18)3-8-21(13-26-12-11-23-15-26)28-20-9-6-19(7-10-20)27-16-24-14-25-27/h1-2,4-7,9-12,14-16,21H,3,8,13H2. The van der Waals surface area contributed by atoms with Crippen LogP contribution in [0.3, 0.4) is 0 Å². The molecule has 0 bridgehead atoms. The lowest BCUT2D eigenvalue weighted by Crippen LogP contribution is -2.23. The Bertz CT molecular complexity index is 967. The Kier molecular flexibility index (Phi) is 5.68. The molecule has 1 unspecified atom stereocenters. The van der Waals surface area contributed by atoms with Gasteiger partial charge >= 0.3 is 0 Å². The molecule has 0 aliphatic heterocycles. The van der Waals surface area contributed by atoms with Crippen molar-refractivity contribution in [3.8, 4) is 11.4 Å². The molecule has 1 atom stereocenters. The molecule has 0 spiro atoms. The topological polar surface area (TPSA) is 57.8 Å². The zero-order valence-corrected chi connectivity index (χ0v) is 16.0. The van der Waals surface area contributed by atoms with Crippen molar-refractivity contribution in [1.29, 1.82) is 0 Å². The number of hydrogen-bond donors (Lipinski definition) is 0. The number of hydrogen-bond acceptors (Lipinski definition) is 4. The highest BCUT2D eigenvalue weighted by Gasteiger charge is 2.12. The highest BCUT2D eigenvalue weighted by molar-refractivity contribution is 6.30.